The number of aliphatic imine (C=N–C) groups is 1. The van der Waals surface area contributed by atoms with Crippen LogP contribution >= 0.6 is 11.8 Å². The van der Waals surface area contributed by atoms with Crippen molar-refractivity contribution in [2.75, 3.05) is 12.1 Å². The van der Waals surface area contributed by atoms with E-state index in [1.807, 2.05) is 86.6 Å². The molecule has 6 rings (SSSR count). The van der Waals surface area contributed by atoms with Crippen molar-refractivity contribution < 1.29 is 19.1 Å². The quantitative estimate of drug-likeness (QED) is 0.310. The number of benzene rings is 4. The SMILES string of the molecule is Cc1ccc(N=C2S[C@@H](CC(=O)Nc3ccc4ccccc4c3)C(=O)N2Cc2ccc3c(c2)OCO3)c(C)c1. The maximum absolute atomic E-state index is 13.6. The molecule has 7 nitrogen and oxygen atoms in total. The van der Waals surface area contributed by atoms with Crippen LogP contribution in [0.5, 0.6) is 11.5 Å². The monoisotopic (exact) mass is 537 g/mol. The molecule has 4 aromatic rings. The van der Waals surface area contributed by atoms with Gasteiger partial charge < -0.3 is 14.8 Å². The Bertz CT molecular complexity index is 1630. The molecule has 8 heteroatoms. The van der Waals surface area contributed by atoms with Crippen LogP contribution in [0.4, 0.5) is 11.4 Å². The number of anilines is 1. The van der Waals surface area contributed by atoms with Gasteiger partial charge in [-0.1, -0.05) is 65.9 Å². The summed E-state index contributed by atoms with van der Waals surface area (Å²) in [5.41, 5.74) is 4.56. The normalized spacial score (nSPS) is 17.3. The number of nitrogens with one attached hydrogen (secondary N) is 1. The molecule has 1 atom stereocenters. The zero-order valence-corrected chi connectivity index (χ0v) is 22.5. The first kappa shape index (κ1) is 25.0. The molecule has 1 fully saturated rings. The molecular formula is C31H27N3O4S. The van der Waals surface area contributed by atoms with Crippen molar-refractivity contribution in [3.05, 3.63) is 95.6 Å². The molecule has 0 bridgehead atoms. The number of hydrogen-bond donors (Lipinski definition) is 1. The highest BCUT2D eigenvalue weighted by Gasteiger charge is 2.39. The summed E-state index contributed by atoms with van der Waals surface area (Å²) < 4.78 is 10.9. The van der Waals surface area contributed by atoms with E-state index in [9.17, 15) is 9.59 Å². The van der Waals surface area contributed by atoms with Crippen LogP contribution in [0, 0.1) is 13.8 Å². The number of ether oxygens (including phenoxy) is 2. The van der Waals surface area contributed by atoms with Crippen molar-refractivity contribution in [1.29, 1.82) is 0 Å². The first-order chi connectivity index (χ1) is 18.9. The minimum atomic E-state index is -0.580. The number of thioether (sulfide) groups is 1. The number of amidine groups is 1. The van der Waals surface area contributed by atoms with E-state index in [1.54, 1.807) is 4.90 Å². The first-order valence-corrected chi connectivity index (χ1v) is 13.6. The summed E-state index contributed by atoms with van der Waals surface area (Å²) in [4.78, 5) is 33.2. The maximum atomic E-state index is 13.6. The van der Waals surface area contributed by atoms with Gasteiger partial charge in [-0.2, -0.15) is 0 Å². The molecule has 0 saturated carbocycles. The van der Waals surface area contributed by atoms with Gasteiger partial charge in [0.15, 0.2) is 16.7 Å². The van der Waals surface area contributed by atoms with Crippen molar-refractivity contribution in [2.45, 2.75) is 32.1 Å². The molecule has 0 spiro atoms. The lowest BCUT2D eigenvalue weighted by atomic mass is 10.1. The van der Waals surface area contributed by atoms with Crippen LogP contribution in [0.25, 0.3) is 10.8 Å². The lowest BCUT2D eigenvalue weighted by molar-refractivity contribution is -0.128. The molecule has 0 aliphatic carbocycles. The van der Waals surface area contributed by atoms with Crippen LogP contribution in [0.2, 0.25) is 0 Å². The number of rotatable bonds is 6. The van der Waals surface area contributed by atoms with E-state index in [2.05, 4.69) is 11.4 Å². The molecule has 39 heavy (non-hydrogen) atoms. The fourth-order valence-corrected chi connectivity index (χ4v) is 5.92. The second kappa shape index (κ2) is 10.5. The van der Waals surface area contributed by atoms with Crippen molar-refractivity contribution in [3.63, 3.8) is 0 Å². The van der Waals surface area contributed by atoms with Gasteiger partial charge in [-0.15, -0.1) is 0 Å². The maximum Gasteiger partial charge on any atom is 0.242 e. The number of aryl methyl sites for hydroxylation is 2. The Morgan fingerprint density at radius 3 is 2.64 bits per heavy atom. The second-order valence-corrected chi connectivity index (χ2v) is 10.9. The van der Waals surface area contributed by atoms with Crippen molar-refractivity contribution in [1.82, 2.24) is 4.90 Å². The van der Waals surface area contributed by atoms with Crippen LogP contribution in [0.1, 0.15) is 23.1 Å². The number of hydrogen-bond acceptors (Lipinski definition) is 6. The van der Waals surface area contributed by atoms with Crippen LogP contribution < -0.4 is 14.8 Å². The summed E-state index contributed by atoms with van der Waals surface area (Å²) in [6, 6.07) is 25.5. The number of nitrogens with zero attached hydrogens (tertiary/aromatic N) is 2. The molecule has 1 saturated heterocycles. The number of carbonyl (C=O) groups excluding carboxylic acids is 2. The summed E-state index contributed by atoms with van der Waals surface area (Å²) in [7, 11) is 0. The van der Waals surface area contributed by atoms with Gasteiger partial charge in [-0.25, -0.2) is 4.99 Å². The lowest BCUT2D eigenvalue weighted by Gasteiger charge is -2.17. The predicted octanol–water partition coefficient (Wildman–Crippen LogP) is 6.35. The molecule has 0 unspecified atom stereocenters. The Labute approximate surface area is 230 Å². The van der Waals surface area contributed by atoms with Gasteiger partial charge in [0, 0.05) is 12.1 Å². The van der Waals surface area contributed by atoms with E-state index in [-0.39, 0.29) is 25.0 Å². The first-order valence-electron chi connectivity index (χ1n) is 12.7. The third-order valence-electron chi connectivity index (χ3n) is 6.77. The standard InChI is InChI=1S/C31H27N3O4S/c1-19-7-11-25(20(2)13-19)33-31-34(17-21-8-12-26-27(14-21)38-18-37-26)30(36)28(39-31)16-29(35)32-24-10-9-22-5-3-4-6-23(22)15-24/h3-15,28H,16-18H2,1-2H3,(H,32,35)/t28-/m0/s1. The number of fused-ring (bicyclic) bond motifs is 2. The highest BCUT2D eigenvalue weighted by molar-refractivity contribution is 8.15. The average molecular weight is 538 g/mol. The van der Waals surface area contributed by atoms with Crippen LogP contribution in [-0.4, -0.2) is 33.9 Å². The van der Waals surface area contributed by atoms with Gasteiger partial charge in [0.2, 0.25) is 18.6 Å². The van der Waals surface area contributed by atoms with E-state index in [1.165, 1.54) is 11.8 Å². The third kappa shape index (κ3) is 5.33. The van der Waals surface area contributed by atoms with Gasteiger partial charge in [-0.05, 0) is 66.1 Å². The summed E-state index contributed by atoms with van der Waals surface area (Å²) in [5, 5.41) is 5.10. The van der Waals surface area contributed by atoms with Gasteiger partial charge in [0.05, 0.1) is 12.2 Å². The van der Waals surface area contributed by atoms with E-state index >= 15 is 0 Å². The molecule has 0 aromatic heterocycles. The van der Waals surface area contributed by atoms with Crippen LogP contribution in [0.15, 0.2) is 83.9 Å². The Morgan fingerprint density at radius 2 is 1.79 bits per heavy atom. The zero-order chi connectivity index (χ0) is 26.9. The summed E-state index contributed by atoms with van der Waals surface area (Å²) >= 11 is 1.33. The topological polar surface area (TPSA) is 80.2 Å². The number of amides is 2. The molecule has 1 N–H and O–H groups in total. The third-order valence-corrected chi connectivity index (χ3v) is 7.95. The molecule has 2 aliphatic rings. The Balaban J connectivity index is 1.24. The van der Waals surface area contributed by atoms with Crippen LogP contribution in [-0.2, 0) is 16.1 Å². The van der Waals surface area contributed by atoms with Gasteiger partial charge >= 0.3 is 0 Å². The smallest absolute Gasteiger partial charge is 0.242 e. The Morgan fingerprint density at radius 1 is 0.974 bits per heavy atom. The average Bonchev–Trinajstić information content (AvgIpc) is 3.50. The van der Waals surface area contributed by atoms with Crippen molar-refractivity contribution in [2.24, 2.45) is 4.99 Å². The van der Waals surface area contributed by atoms with Gasteiger partial charge in [-0.3, -0.25) is 14.5 Å². The number of carbonyl (C=O) groups is 2. The highest BCUT2D eigenvalue weighted by atomic mass is 32.2. The molecule has 2 amide bonds. The van der Waals surface area contributed by atoms with E-state index in [0.29, 0.717) is 28.9 Å². The predicted molar refractivity (Wildman–Crippen MR) is 155 cm³/mol. The minimum absolute atomic E-state index is 0.0415. The lowest BCUT2D eigenvalue weighted by Crippen LogP contribution is -2.33. The molecule has 2 aliphatic heterocycles. The van der Waals surface area contributed by atoms with E-state index in [0.717, 1.165) is 33.2 Å². The Hall–Kier alpha value is -4.30. The largest absolute Gasteiger partial charge is 0.454 e. The van der Waals surface area contributed by atoms with E-state index in [4.69, 9.17) is 14.5 Å². The summed E-state index contributed by atoms with van der Waals surface area (Å²) in [5.74, 6) is 0.987. The molecule has 2 heterocycles. The summed E-state index contributed by atoms with van der Waals surface area (Å²) in [6.45, 7) is 4.54. The van der Waals surface area contributed by atoms with Gasteiger partial charge in [0.25, 0.3) is 0 Å². The van der Waals surface area contributed by atoms with Gasteiger partial charge in [0.1, 0.15) is 5.25 Å². The fourth-order valence-electron chi connectivity index (χ4n) is 4.77. The molecule has 0 radical (unpaired) electrons. The molecule has 4 aromatic carbocycles. The van der Waals surface area contributed by atoms with Crippen molar-refractivity contribution in [3.8, 4) is 11.5 Å². The zero-order valence-electron chi connectivity index (χ0n) is 21.6. The van der Waals surface area contributed by atoms with Crippen LogP contribution in [0.3, 0.4) is 0 Å². The Kier molecular flexibility index (Phi) is 6.70. The summed E-state index contributed by atoms with van der Waals surface area (Å²) in [6.07, 6.45) is 0.0415. The van der Waals surface area contributed by atoms with Crippen molar-refractivity contribution >= 4 is 50.9 Å². The van der Waals surface area contributed by atoms with E-state index < -0.39 is 5.25 Å². The minimum Gasteiger partial charge on any atom is -0.454 e. The second-order valence-electron chi connectivity index (χ2n) is 9.72. The molecular weight excluding hydrogens is 510 g/mol. The highest BCUT2D eigenvalue weighted by Crippen LogP contribution is 2.36. The molecule has 196 valence electrons. The fraction of sp³-hybridized carbons (Fsp3) is 0.194.